The van der Waals surface area contributed by atoms with Gasteiger partial charge in [-0.1, -0.05) is 36.4 Å². The lowest BCUT2D eigenvalue weighted by atomic mass is 9.89. The van der Waals surface area contributed by atoms with Crippen molar-refractivity contribution in [2.75, 3.05) is 0 Å². The van der Waals surface area contributed by atoms with E-state index >= 15 is 0 Å². The summed E-state index contributed by atoms with van der Waals surface area (Å²) in [4.78, 5) is 17.3. The number of hydrogen-bond donors (Lipinski definition) is 1. The Kier molecular flexibility index (Phi) is 3.19. The molecule has 2 aliphatic carbocycles. The Balaban J connectivity index is 1.41. The first-order chi connectivity index (χ1) is 13.7. The summed E-state index contributed by atoms with van der Waals surface area (Å²) in [5.41, 5.74) is 7.14. The number of nitrogens with zero attached hydrogens (tertiary/aromatic N) is 3. The Bertz CT molecular complexity index is 1140. The summed E-state index contributed by atoms with van der Waals surface area (Å²) in [6, 6.07) is 12.3. The largest absolute Gasteiger partial charge is 0.343 e. The number of rotatable bonds is 2. The summed E-state index contributed by atoms with van der Waals surface area (Å²) in [5, 5.41) is 8.09. The molecule has 2 aromatic heterocycles. The Morgan fingerprint density at radius 3 is 2.79 bits per heavy atom. The number of hydrogen-bond acceptors (Lipinski definition) is 3. The standard InChI is InChI=1S/C23H20N4O/c28-22-21-18-9-7-16-13-24-17(8-6-15-4-2-1-3-5-15)12-19(16)20(18)26-27(21)14-23(25-22)10-11-23/h1-6,8,12-13H,7,9-11,14H2,(H,25,28). The van der Waals surface area contributed by atoms with Crippen LogP contribution in [-0.2, 0) is 19.4 Å². The zero-order valence-corrected chi connectivity index (χ0v) is 15.5. The molecule has 1 amide bonds. The number of nitrogens with one attached hydrogen (secondary N) is 1. The van der Waals surface area contributed by atoms with Gasteiger partial charge in [0.05, 0.1) is 23.5 Å². The lowest BCUT2D eigenvalue weighted by Crippen LogP contribution is -2.46. The predicted molar refractivity (Wildman–Crippen MR) is 108 cm³/mol. The van der Waals surface area contributed by atoms with Gasteiger partial charge in [-0.25, -0.2) is 0 Å². The molecule has 5 heteroatoms. The predicted octanol–water partition coefficient (Wildman–Crippen LogP) is 3.49. The van der Waals surface area contributed by atoms with Crippen LogP contribution in [0.1, 0.15) is 45.7 Å². The van der Waals surface area contributed by atoms with Crippen molar-refractivity contribution >= 4 is 18.1 Å². The molecule has 5 nitrogen and oxygen atoms in total. The fourth-order valence-corrected chi connectivity index (χ4v) is 4.40. The Labute approximate surface area is 163 Å². The summed E-state index contributed by atoms with van der Waals surface area (Å²) in [7, 11) is 0. The van der Waals surface area contributed by atoms with Crippen LogP contribution in [0.2, 0.25) is 0 Å². The van der Waals surface area contributed by atoms with Crippen molar-refractivity contribution in [1.82, 2.24) is 20.1 Å². The number of pyridine rings is 1. The number of carbonyl (C=O) groups is 1. The molecule has 3 aliphatic rings. The van der Waals surface area contributed by atoms with Crippen molar-refractivity contribution in [3.05, 3.63) is 70.7 Å². The van der Waals surface area contributed by atoms with Gasteiger partial charge in [0.2, 0.25) is 0 Å². The van der Waals surface area contributed by atoms with Crippen LogP contribution >= 0.6 is 0 Å². The second-order valence-corrected chi connectivity index (χ2v) is 8.08. The number of benzene rings is 1. The third kappa shape index (κ3) is 2.43. The molecule has 1 spiro atoms. The highest BCUT2D eigenvalue weighted by Gasteiger charge is 2.49. The maximum atomic E-state index is 12.7. The topological polar surface area (TPSA) is 59.8 Å². The number of amides is 1. The Morgan fingerprint density at radius 2 is 1.96 bits per heavy atom. The highest BCUT2D eigenvalue weighted by atomic mass is 16.2. The van der Waals surface area contributed by atoms with E-state index in [4.69, 9.17) is 5.10 Å². The maximum Gasteiger partial charge on any atom is 0.270 e. The fourth-order valence-electron chi connectivity index (χ4n) is 4.40. The molecule has 138 valence electrons. The fraction of sp³-hybridized carbons (Fsp3) is 0.261. The molecule has 3 aromatic rings. The summed E-state index contributed by atoms with van der Waals surface area (Å²) in [5.74, 6) is 0.0409. The van der Waals surface area contributed by atoms with Gasteiger partial charge in [0.25, 0.3) is 5.91 Å². The molecule has 0 radical (unpaired) electrons. The van der Waals surface area contributed by atoms with Crippen LogP contribution in [0.15, 0.2) is 42.6 Å². The molecule has 0 unspecified atom stereocenters. The number of aromatic nitrogens is 3. The van der Waals surface area contributed by atoms with E-state index in [0.29, 0.717) is 0 Å². The SMILES string of the molecule is O=C1NC2(CC2)Cn2nc3c(c21)CCc1cnc(C=Cc2ccccc2)cc1-3. The quantitative estimate of drug-likeness (QED) is 0.753. The smallest absolute Gasteiger partial charge is 0.270 e. The lowest BCUT2D eigenvalue weighted by molar-refractivity contribution is 0.0885. The highest BCUT2D eigenvalue weighted by molar-refractivity contribution is 5.98. The Morgan fingerprint density at radius 1 is 1.11 bits per heavy atom. The molecule has 1 saturated carbocycles. The second kappa shape index (κ2) is 5.64. The highest BCUT2D eigenvalue weighted by Crippen LogP contribution is 2.42. The minimum atomic E-state index is -0.0383. The molecule has 1 aromatic carbocycles. The molecular formula is C23H20N4O. The zero-order valence-electron chi connectivity index (χ0n) is 15.5. The molecule has 6 rings (SSSR count). The molecule has 3 heterocycles. The van der Waals surface area contributed by atoms with Crippen LogP contribution in [0.4, 0.5) is 0 Å². The van der Waals surface area contributed by atoms with Gasteiger partial charge in [0, 0.05) is 17.3 Å². The van der Waals surface area contributed by atoms with Gasteiger partial charge in [-0.15, -0.1) is 0 Å². The third-order valence-corrected chi connectivity index (χ3v) is 6.10. The van der Waals surface area contributed by atoms with Gasteiger partial charge in [-0.05, 0) is 49.0 Å². The van der Waals surface area contributed by atoms with Gasteiger partial charge >= 0.3 is 0 Å². The average molecular weight is 368 g/mol. The van der Waals surface area contributed by atoms with Crippen molar-refractivity contribution in [2.24, 2.45) is 0 Å². The Hall–Kier alpha value is -3.21. The van der Waals surface area contributed by atoms with Crippen LogP contribution in [0.3, 0.4) is 0 Å². The summed E-state index contributed by atoms with van der Waals surface area (Å²) >= 11 is 0. The normalized spacial score (nSPS) is 18.5. The van der Waals surface area contributed by atoms with Crippen molar-refractivity contribution in [1.29, 1.82) is 0 Å². The van der Waals surface area contributed by atoms with E-state index in [-0.39, 0.29) is 11.4 Å². The molecule has 28 heavy (non-hydrogen) atoms. The van der Waals surface area contributed by atoms with Gasteiger partial charge in [0.1, 0.15) is 5.69 Å². The minimum Gasteiger partial charge on any atom is -0.343 e. The first-order valence-electron chi connectivity index (χ1n) is 9.85. The zero-order chi connectivity index (χ0) is 18.7. The third-order valence-electron chi connectivity index (χ3n) is 6.10. The molecule has 0 saturated heterocycles. The molecular weight excluding hydrogens is 348 g/mol. The maximum absolute atomic E-state index is 12.7. The minimum absolute atomic E-state index is 0.0383. The van der Waals surface area contributed by atoms with Crippen LogP contribution in [0, 0.1) is 0 Å². The van der Waals surface area contributed by atoms with Crippen molar-refractivity contribution < 1.29 is 4.79 Å². The van der Waals surface area contributed by atoms with Crippen molar-refractivity contribution in [3.8, 4) is 11.3 Å². The van der Waals surface area contributed by atoms with Gasteiger partial charge in [-0.3, -0.25) is 14.5 Å². The monoisotopic (exact) mass is 368 g/mol. The van der Waals surface area contributed by atoms with Crippen molar-refractivity contribution in [3.63, 3.8) is 0 Å². The van der Waals surface area contributed by atoms with Crippen molar-refractivity contribution in [2.45, 2.75) is 37.8 Å². The van der Waals surface area contributed by atoms with E-state index in [0.717, 1.165) is 66.0 Å². The van der Waals surface area contributed by atoms with E-state index < -0.39 is 0 Å². The molecule has 0 atom stereocenters. The van der Waals surface area contributed by atoms with E-state index in [1.54, 1.807) is 0 Å². The number of aryl methyl sites for hydroxylation is 1. The van der Waals surface area contributed by atoms with E-state index in [1.807, 2.05) is 35.2 Å². The van der Waals surface area contributed by atoms with Gasteiger partial charge < -0.3 is 5.32 Å². The molecule has 1 fully saturated rings. The molecule has 1 aliphatic heterocycles. The van der Waals surface area contributed by atoms with Crippen LogP contribution in [0.5, 0.6) is 0 Å². The molecule has 1 N–H and O–H groups in total. The lowest BCUT2D eigenvalue weighted by Gasteiger charge is -2.24. The average Bonchev–Trinajstić information content (AvgIpc) is 3.33. The first-order valence-corrected chi connectivity index (χ1v) is 9.85. The van der Waals surface area contributed by atoms with E-state index in [9.17, 15) is 4.79 Å². The molecule has 0 bridgehead atoms. The number of carbonyl (C=O) groups excluding carboxylic acids is 1. The van der Waals surface area contributed by atoms with Gasteiger partial charge in [0.15, 0.2) is 0 Å². The summed E-state index contributed by atoms with van der Waals surface area (Å²) < 4.78 is 1.95. The van der Waals surface area contributed by atoms with Gasteiger partial charge in [-0.2, -0.15) is 5.10 Å². The first kappa shape index (κ1) is 15.8. The van der Waals surface area contributed by atoms with E-state index in [1.165, 1.54) is 5.56 Å². The summed E-state index contributed by atoms with van der Waals surface area (Å²) in [6.45, 7) is 0.794. The van der Waals surface area contributed by atoms with Crippen LogP contribution in [0.25, 0.3) is 23.4 Å². The van der Waals surface area contributed by atoms with E-state index in [2.05, 4.69) is 34.6 Å². The number of fused-ring (bicyclic) bond motifs is 5. The second-order valence-electron chi connectivity index (χ2n) is 8.08. The summed E-state index contributed by atoms with van der Waals surface area (Å²) in [6.07, 6.45) is 9.92. The van der Waals surface area contributed by atoms with Crippen LogP contribution in [-0.4, -0.2) is 26.2 Å². The van der Waals surface area contributed by atoms with Crippen LogP contribution < -0.4 is 5.32 Å².